The van der Waals surface area contributed by atoms with Gasteiger partial charge in [0.25, 0.3) is 0 Å². The van der Waals surface area contributed by atoms with E-state index in [1.54, 1.807) is 0 Å². The number of benzene rings is 1. The molecule has 1 saturated carbocycles. The average molecular weight is 216 g/mol. The van der Waals surface area contributed by atoms with Crippen LogP contribution in [0.1, 0.15) is 25.7 Å². The number of nitrogens with one attached hydrogen (secondary N) is 2. The van der Waals surface area contributed by atoms with Gasteiger partial charge in [0.2, 0.25) is 5.91 Å². The van der Waals surface area contributed by atoms with Gasteiger partial charge in [0.05, 0.1) is 5.92 Å². The van der Waals surface area contributed by atoms with Gasteiger partial charge in [0, 0.05) is 11.4 Å². The van der Waals surface area contributed by atoms with Crippen molar-refractivity contribution < 1.29 is 4.79 Å². The SMILES string of the molecule is N=C1CCCCC1C(=O)Nc1ccccc1. The standard InChI is InChI=1S/C13H16N2O/c14-12-9-5-4-8-11(12)13(16)15-10-6-2-1-3-7-10/h1-3,6-7,11,14H,4-5,8-9H2,(H,15,16). The number of hydrogen-bond donors (Lipinski definition) is 2. The maximum atomic E-state index is 11.9. The van der Waals surface area contributed by atoms with Crippen molar-refractivity contribution in [2.45, 2.75) is 25.7 Å². The van der Waals surface area contributed by atoms with Crippen LogP contribution in [0.5, 0.6) is 0 Å². The van der Waals surface area contributed by atoms with E-state index in [0.717, 1.165) is 31.4 Å². The number of carbonyl (C=O) groups excluding carboxylic acids is 1. The lowest BCUT2D eigenvalue weighted by Crippen LogP contribution is -2.31. The molecule has 1 aliphatic carbocycles. The number of carbonyl (C=O) groups is 1. The third-order valence-corrected chi connectivity index (χ3v) is 2.97. The Hall–Kier alpha value is -1.64. The maximum Gasteiger partial charge on any atom is 0.233 e. The summed E-state index contributed by atoms with van der Waals surface area (Å²) in [5, 5.41) is 10.6. The number of para-hydroxylation sites is 1. The third-order valence-electron chi connectivity index (χ3n) is 2.97. The van der Waals surface area contributed by atoms with Crippen molar-refractivity contribution in [1.29, 1.82) is 5.41 Å². The van der Waals surface area contributed by atoms with Crippen LogP contribution in [-0.2, 0) is 4.79 Å². The van der Waals surface area contributed by atoms with Crippen molar-refractivity contribution in [2.75, 3.05) is 5.32 Å². The number of amides is 1. The van der Waals surface area contributed by atoms with Crippen LogP contribution < -0.4 is 5.32 Å². The lowest BCUT2D eigenvalue weighted by Gasteiger charge is -2.22. The summed E-state index contributed by atoms with van der Waals surface area (Å²) in [5.41, 5.74) is 1.39. The third kappa shape index (κ3) is 2.48. The molecule has 0 spiro atoms. The Labute approximate surface area is 95.4 Å². The van der Waals surface area contributed by atoms with E-state index in [2.05, 4.69) is 5.32 Å². The van der Waals surface area contributed by atoms with E-state index in [1.807, 2.05) is 30.3 Å². The summed E-state index contributed by atoms with van der Waals surface area (Å²) in [6.45, 7) is 0. The first kappa shape index (κ1) is 10.9. The zero-order chi connectivity index (χ0) is 11.4. The smallest absolute Gasteiger partial charge is 0.233 e. The lowest BCUT2D eigenvalue weighted by molar-refractivity contribution is -0.118. The molecular formula is C13H16N2O. The molecule has 3 nitrogen and oxygen atoms in total. The van der Waals surface area contributed by atoms with Gasteiger partial charge >= 0.3 is 0 Å². The molecule has 0 heterocycles. The fourth-order valence-electron chi connectivity index (χ4n) is 2.05. The Morgan fingerprint density at radius 3 is 2.69 bits per heavy atom. The fourth-order valence-corrected chi connectivity index (χ4v) is 2.05. The van der Waals surface area contributed by atoms with Gasteiger partial charge in [-0.1, -0.05) is 24.6 Å². The van der Waals surface area contributed by atoms with Crippen molar-refractivity contribution in [3.8, 4) is 0 Å². The van der Waals surface area contributed by atoms with Crippen LogP contribution in [-0.4, -0.2) is 11.6 Å². The van der Waals surface area contributed by atoms with Gasteiger partial charge in [0.1, 0.15) is 0 Å². The van der Waals surface area contributed by atoms with Crippen molar-refractivity contribution in [2.24, 2.45) is 5.92 Å². The molecule has 1 atom stereocenters. The molecule has 1 amide bonds. The van der Waals surface area contributed by atoms with Gasteiger partial charge in [0.15, 0.2) is 0 Å². The minimum atomic E-state index is -0.214. The Morgan fingerprint density at radius 1 is 1.25 bits per heavy atom. The summed E-state index contributed by atoms with van der Waals surface area (Å²) in [7, 11) is 0. The molecule has 0 radical (unpaired) electrons. The van der Waals surface area contributed by atoms with E-state index >= 15 is 0 Å². The summed E-state index contributed by atoms with van der Waals surface area (Å²) in [6, 6.07) is 9.43. The van der Waals surface area contributed by atoms with E-state index in [0.29, 0.717) is 5.71 Å². The van der Waals surface area contributed by atoms with Crippen LogP contribution in [0.15, 0.2) is 30.3 Å². The molecule has 1 aromatic rings. The Balaban J connectivity index is 2.00. The molecule has 84 valence electrons. The highest BCUT2D eigenvalue weighted by molar-refractivity contribution is 6.08. The van der Waals surface area contributed by atoms with Crippen molar-refractivity contribution in [3.63, 3.8) is 0 Å². The normalized spacial score (nSPS) is 20.5. The van der Waals surface area contributed by atoms with Crippen LogP contribution in [0.4, 0.5) is 5.69 Å². The van der Waals surface area contributed by atoms with E-state index in [9.17, 15) is 4.79 Å². The molecule has 2 N–H and O–H groups in total. The maximum absolute atomic E-state index is 11.9. The minimum absolute atomic E-state index is 0.0316. The van der Waals surface area contributed by atoms with E-state index in [-0.39, 0.29) is 11.8 Å². The second kappa shape index (κ2) is 4.92. The molecule has 0 saturated heterocycles. The molecule has 3 heteroatoms. The van der Waals surface area contributed by atoms with Crippen molar-refractivity contribution in [1.82, 2.24) is 0 Å². The predicted molar refractivity (Wildman–Crippen MR) is 64.8 cm³/mol. The van der Waals surface area contributed by atoms with Crippen LogP contribution in [0, 0.1) is 11.3 Å². The zero-order valence-electron chi connectivity index (χ0n) is 9.20. The van der Waals surface area contributed by atoms with Crippen molar-refractivity contribution in [3.05, 3.63) is 30.3 Å². The van der Waals surface area contributed by atoms with Crippen LogP contribution >= 0.6 is 0 Å². The Bertz CT molecular complexity index is 386. The van der Waals surface area contributed by atoms with Gasteiger partial charge in [-0.15, -0.1) is 0 Å². The van der Waals surface area contributed by atoms with Gasteiger partial charge in [-0.2, -0.15) is 0 Å². The van der Waals surface area contributed by atoms with Gasteiger partial charge in [-0.3, -0.25) is 4.79 Å². The highest BCUT2D eigenvalue weighted by Gasteiger charge is 2.25. The molecule has 1 unspecified atom stereocenters. The lowest BCUT2D eigenvalue weighted by atomic mass is 9.86. The minimum Gasteiger partial charge on any atom is -0.326 e. The Morgan fingerprint density at radius 2 is 2.00 bits per heavy atom. The number of hydrogen-bond acceptors (Lipinski definition) is 2. The highest BCUT2D eigenvalue weighted by atomic mass is 16.1. The summed E-state index contributed by atoms with van der Waals surface area (Å²) in [6.07, 6.45) is 3.69. The van der Waals surface area contributed by atoms with Crippen molar-refractivity contribution >= 4 is 17.3 Å². The first-order valence-electron chi connectivity index (χ1n) is 5.70. The average Bonchev–Trinajstić information content (AvgIpc) is 2.31. The largest absolute Gasteiger partial charge is 0.326 e. The molecule has 0 aromatic heterocycles. The second-order valence-electron chi connectivity index (χ2n) is 4.18. The first-order chi connectivity index (χ1) is 7.77. The van der Waals surface area contributed by atoms with Gasteiger partial charge in [-0.05, 0) is 31.4 Å². The molecule has 1 aromatic carbocycles. The molecule has 1 fully saturated rings. The van der Waals surface area contributed by atoms with Gasteiger partial charge < -0.3 is 10.7 Å². The quantitative estimate of drug-likeness (QED) is 0.784. The molecule has 0 aliphatic heterocycles. The van der Waals surface area contributed by atoms with E-state index in [4.69, 9.17) is 5.41 Å². The molecule has 16 heavy (non-hydrogen) atoms. The van der Waals surface area contributed by atoms with Crippen LogP contribution in [0.2, 0.25) is 0 Å². The zero-order valence-corrected chi connectivity index (χ0v) is 9.20. The summed E-state index contributed by atoms with van der Waals surface area (Å²) in [4.78, 5) is 11.9. The van der Waals surface area contributed by atoms with Gasteiger partial charge in [-0.25, -0.2) is 0 Å². The first-order valence-corrected chi connectivity index (χ1v) is 5.70. The molecule has 0 bridgehead atoms. The fraction of sp³-hybridized carbons (Fsp3) is 0.385. The molecule has 1 aliphatic rings. The van der Waals surface area contributed by atoms with E-state index < -0.39 is 0 Å². The molecular weight excluding hydrogens is 200 g/mol. The molecule has 2 rings (SSSR count). The second-order valence-corrected chi connectivity index (χ2v) is 4.18. The predicted octanol–water partition coefficient (Wildman–Crippen LogP) is 2.84. The van der Waals surface area contributed by atoms with E-state index in [1.165, 1.54) is 0 Å². The Kier molecular flexibility index (Phi) is 3.34. The van der Waals surface area contributed by atoms with Crippen LogP contribution in [0.3, 0.4) is 0 Å². The summed E-state index contributed by atoms with van der Waals surface area (Å²) >= 11 is 0. The topological polar surface area (TPSA) is 53.0 Å². The number of rotatable bonds is 2. The van der Waals surface area contributed by atoms with Crippen LogP contribution in [0.25, 0.3) is 0 Å². The summed E-state index contributed by atoms with van der Waals surface area (Å²) in [5.74, 6) is -0.246. The summed E-state index contributed by atoms with van der Waals surface area (Å²) < 4.78 is 0. The monoisotopic (exact) mass is 216 g/mol. The highest BCUT2D eigenvalue weighted by Crippen LogP contribution is 2.22. The number of anilines is 1.